The van der Waals surface area contributed by atoms with E-state index in [1.807, 2.05) is 13.0 Å². The molecule has 6 heteroatoms. The normalized spacial score (nSPS) is 12.1. The number of nitrogens with one attached hydrogen (secondary N) is 1. The zero-order valence-electron chi connectivity index (χ0n) is 13.3. The number of aliphatic hydroxyl groups is 1. The molecule has 1 aromatic heterocycles. The summed E-state index contributed by atoms with van der Waals surface area (Å²) in [5.41, 5.74) is 0.957. The highest BCUT2D eigenvalue weighted by Crippen LogP contribution is 2.23. The highest BCUT2D eigenvalue weighted by atomic mass is 16.5. The molecule has 0 bridgehead atoms. The van der Waals surface area contributed by atoms with Crippen molar-refractivity contribution >= 4 is 16.9 Å². The van der Waals surface area contributed by atoms with Gasteiger partial charge in [-0.1, -0.05) is 6.92 Å². The molecule has 0 aliphatic rings. The van der Waals surface area contributed by atoms with Crippen LogP contribution in [0.2, 0.25) is 0 Å². The topological polar surface area (TPSA) is 88.8 Å². The molecular formula is C17H21NO5. The first-order chi connectivity index (χ1) is 11.0. The van der Waals surface area contributed by atoms with Gasteiger partial charge in [-0.3, -0.25) is 4.79 Å². The number of hydrogen-bond acceptors (Lipinski definition) is 5. The monoisotopic (exact) mass is 319 g/mol. The maximum Gasteiger partial charge on any atom is 0.336 e. The number of aliphatic hydroxyl groups excluding tert-OH is 1. The zero-order chi connectivity index (χ0) is 16.8. The minimum absolute atomic E-state index is 0.0268. The molecule has 2 aromatic rings. The van der Waals surface area contributed by atoms with Gasteiger partial charge >= 0.3 is 5.63 Å². The van der Waals surface area contributed by atoms with E-state index in [1.54, 1.807) is 19.1 Å². The Hall–Kier alpha value is -2.34. The van der Waals surface area contributed by atoms with Gasteiger partial charge in [-0.05, 0) is 37.5 Å². The number of carbonyl (C=O) groups is 1. The third-order valence-electron chi connectivity index (χ3n) is 3.50. The summed E-state index contributed by atoms with van der Waals surface area (Å²) < 4.78 is 10.8. The van der Waals surface area contributed by atoms with Crippen molar-refractivity contribution in [1.82, 2.24) is 5.32 Å². The minimum Gasteiger partial charge on any atom is -0.481 e. The maximum absolute atomic E-state index is 11.8. The second-order valence-corrected chi connectivity index (χ2v) is 5.23. The van der Waals surface area contributed by atoms with Gasteiger partial charge in [-0.25, -0.2) is 4.79 Å². The lowest BCUT2D eigenvalue weighted by Crippen LogP contribution is -2.37. The Labute approximate surface area is 134 Å². The van der Waals surface area contributed by atoms with E-state index in [0.29, 0.717) is 24.3 Å². The Bertz CT molecular complexity index is 737. The Kier molecular flexibility index (Phi) is 5.76. The number of fused-ring (bicyclic) bond motifs is 1. The average Bonchev–Trinajstić information content (AvgIpc) is 2.53. The summed E-state index contributed by atoms with van der Waals surface area (Å²) in [6.45, 7) is 4.03. The van der Waals surface area contributed by atoms with E-state index in [0.717, 1.165) is 17.4 Å². The highest BCUT2D eigenvalue weighted by molar-refractivity contribution is 5.82. The lowest BCUT2D eigenvalue weighted by atomic mass is 10.1. The van der Waals surface area contributed by atoms with Gasteiger partial charge in [0.1, 0.15) is 11.3 Å². The summed E-state index contributed by atoms with van der Waals surface area (Å²) in [6, 6.07) is 6.68. The molecule has 1 unspecified atom stereocenters. The molecule has 1 heterocycles. The van der Waals surface area contributed by atoms with Crippen molar-refractivity contribution in [2.75, 3.05) is 13.2 Å². The Morgan fingerprint density at radius 3 is 2.87 bits per heavy atom. The van der Waals surface area contributed by atoms with Gasteiger partial charge in [-0.2, -0.15) is 0 Å². The fraction of sp³-hybridized carbons (Fsp3) is 0.412. The molecule has 0 saturated carbocycles. The molecule has 6 nitrogen and oxygen atoms in total. The second kappa shape index (κ2) is 7.78. The lowest BCUT2D eigenvalue weighted by Gasteiger charge is -2.15. The van der Waals surface area contributed by atoms with Crippen LogP contribution >= 0.6 is 0 Å². The SMILES string of the molecule is CCc1cc(=O)oc2cc(OC(C)C(=O)NCCCO)ccc12. The van der Waals surface area contributed by atoms with E-state index in [1.165, 1.54) is 6.07 Å². The molecule has 0 aliphatic carbocycles. The fourth-order valence-corrected chi connectivity index (χ4v) is 2.27. The van der Waals surface area contributed by atoms with Crippen molar-refractivity contribution in [3.63, 3.8) is 0 Å². The Morgan fingerprint density at radius 1 is 1.39 bits per heavy atom. The molecule has 2 N–H and O–H groups in total. The minimum atomic E-state index is -0.688. The van der Waals surface area contributed by atoms with Gasteiger partial charge < -0.3 is 19.6 Å². The van der Waals surface area contributed by atoms with Crippen LogP contribution in [0.1, 0.15) is 25.8 Å². The van der Waals surface area contributed by atoms with Crippen molar-refractivity contribution in [2.24, 2.45) is 0 Å². The summed E-state index contributed by atoms with van der Waals surface area (Å²) in [5.74, 6) is 0.195. The highest BCUT2D eigenvalue weighted by Gasteiger charge is 2.15. The molecule has 124 valence electrons. The zero-order valence-corrected chi connectivity index (χ0v) is 13.3. The third kappa shape index (κ3) is 4.32. The largest absolute Gasteiger partial charge is 0.481 e. The van der Waals surface area contributed by atoms with E-state index in [4.69, 9.17) is 14.3 Å². The molecule has 0 radical (unpaired) electrons. The van der Waals surface area contributed by atoms with E-state index < -0.39 is 11.7 Å². The van der Waals surface area contributed by atoms with Crippen molar-refractivity contribution < 1.29 is 19.1 Å². The van der Waals surface area contributed by atoms with Crippen LogP contribution in [0.4, 0.5) is 0 Å². The van der Waals surface area contributed by atoms with E-state index in [2.05, 4.69) is 5.32 Å². The summed E-state index contributed by atoms with van der Waals surface area (Å²) in [5, 5.41) is 12.2. The van der Waals surface area contributed by atoms with Crippen LogP contribution in [0.15, 0.2) is 33.5 Å². The Morgan fingerprint density at radius 2 is 2.17 bits per heavy atom. The van der Waals surface area contributed by atoms with Crippen LogP contribution in [-0.4, -0.2) is 30.3 Å². The quantitative estimate of drug-likeness (QED) is 0.598. The lowest BCUT2D eigenvalue weighted by molar-refractivity contribution is -0.127. The average molecular weight is 319 g/mol. The van der Waals surface area contributed by atoms with Crippen LogP contribution < -0.4 is 15.7 Å². The second-order valence-electron chi connectivity index (χ2n) is 5.23. The number of benzene rings is 1. The first kappa shape index (κ1) is 17.0. The summed E-state index contributed by atoms with van der Waals surface area (Å²) >= 11 is 0. The molecule has 0 aliphatic heterocycles. The number of rotatable bonds is 7. The Balaban J connectivity index is 2.14. The summed E-state index contributed by atoms with van der Waals surface area (Å²) in [7, 11) is 0. The number of aryl methyl sites for hydroxylation is 1. The summed E-state index contributed by atoms with van der Waals surface area (Å²) in [6.07, 6.45) is 0.540. The predicted octanol–water partition coefficient (Wildman–Crippen LogP) is 1.62. The van der Waals surface area contributed by atoms with Crippen LogP contribution in [0.5, 0.6) is 5.75 Å². The molecule has 23 heavy (non-hydrogen) atoms. The van der Waals surface area contributed by atoms with Gasteiger partial charge in [-0.15, -0.1) is 0 Å². The molecule has 0 spiro atoms. The van der Waals surface area contributed by atoms with E-state index in [9.17, 15) is 9.59 Å². The molecule has 2 rings (SSSR count). The van der Waals surface area contributed by atoms with Gasteiger partial charge in [0.05, 0.1) is 0 Å². The first-order valence-electron chi connectivity index (χ1n) is 7.67. The molecule has 0 saturated heterocycles. The van der Waals surface area contributed by atoms with Crippen molar-refractivity contribution in [3.05, 3.63) is 40.2 Å². The molecular weight excluding hydrogens is 298 g/mol. The van der Waals surface area contributed by atoms with Crippen LogP contribution in [0.25, 0.3) is 11.0 Å². The van der Waals surface area contributed by atoms with Gasteiger partial charge in [0.2, 0.25) is 0 Å². The van der Waals surface area contributed by atoms with Gasteiger partial charge in [0.25, 0.3) is 5.91 Å². The van der Waals surface area contributed by atoms with Crippen molar-refractivity contribution in [3.8, 4) is 5.75 Å². The number of ether oxygens (including phenoxy) is 1. The predicted molar refractivity (Wildman–Crippen MR) is 86.7 cm³/mol. The molecule has 0 fully saturated rings. The number of hydrogen-bond donors (Lipinski definition) is 2. The van der Waals surface area contributed by atoms with E-state index >= 15 is 0 Å². The van der Waals surface area contributed by atoms with Gasteiger partial charge in [0.15, 0.2) is 6.10 Å². The molecule has 1 atom stereocenters. The van der Waals surface area contributed by atoms with Crippen molar-refractivity contribution in [1.29, 1.82) is 0 Å². The number of carbonyl (C=O) groups excluding carboxylic acids is 1. The van der Waals surface area contributed by atoms with Crippen molar-refractivity contribution in [2.45, 2.75) is 32.8 Å². The third-order valence-corrected chi connectivity index (χ3v) is 3.50. The van der Waals surface area contributed by atoms with Crippen LogP contribution in [0, 0.1) is 0 Å². The smallest absolute Gasteiger partial charge is 0.336 e. The standard InChI is InChI=1S/C17H21NO5/c1-3-12-9-16(20)23-15-10-13(5-6-14(12)15)22-11(2)17(21)18-7-4-8-19/h5-6,9-11,19H,3-4,7-8H2,1-2H3,(H,18,21). The number of amides is 1. The summed E-state index contributed by atoms with van der Waals surface area (Å²) in [4.78, 5) is 23.4. The molecule has 1 amide bonds. The van der Waals surface area contributed by atoms with Crippen LogP contribution in [0.3, 0.4) is 0 Å². The fourth-order valence-electron chi connectivity index (χ4n) is 2.27. The maximum atomic E-state index is 11.8. The van der Waals surface area contributed by atoms with Gasteiger partial charge in [0, 0.05) is 30.7 Å². The molecule has 1 aromatic carbocycles. The van der Waals surface area contributed by atoms with Crippen LogP contribution in [-0.2, 0) is 11.2 Å². The first-order valence-corrected chi connectivity index (χ1v) is 7.67. The van der Waals surface area contributed by atoms with E-state index in [-0.39, 0.29) is 12.5 Å².